The van der Waals surface area contributed by atoms with Crippen LogP contribution < -0.4 is 25.6 Å². The highest BCUT2D eigenvalue weighted by Crippen LogP contribution is 2.48. The number of piperazine rings is 1. The predicted octanol–water partition coefficient (Wildman–Crippen LogP) is 4.86. The molecule has 0 radical (unpaired) electrons. The third kappa shape index (κ3) is 5.92. The van der Waals surface area contributed by atoms with E-state index < -0.39 is 0 Å². The molecule has 2 saturated heterocycles. The molecule has 14 nitrogen and oxygen atoms in total. The number of likely N-dealkylation sites (N-methyl/N-ethyl adjacent to an activating group) is 1. The van der Waals surface area contributed by atoms with Crippen molar-refractivity contribution in [1.29, 1.82) is 0 Å². The number of nitrogens with one attached hydrogen (secondary N) is 3. The van der Waals surface area contributed by atoms with Gasteiger partial charge in [-0.3, -0.25) is 24.1 Å². The lowest BCUT2D eigenvalue weighted by Gasteiger charge is -2.43. The van der Waals surface area contributed by atoms with Gasteiger partial charge in [-0.05, 0) is 44.2 Å². The van der Waals surface area contributed by atoms with Gasteiger partial charge in [0.05, 0.1) is 46.1 Å². The van der Waals surface area contributed by atoms with Crippen molar-refractivity contribution in [2.75, 3.05) is 68.5 Å². The molecule has 3 aliphatic rings. The van der Waals surface area contributed by atoms with E-state index >= 15 is 0 Å². The second-order valence-corrected chi connectivity index (χ2v) is 14.2. The average molecular weight is 703 g/mol. The van der Waals surface area contributed by atoms with Crippen molar-refractivity contribution in [3.63, 3.8) is 0 Å². The van der Waals surface area contributed by atoms with Crippen LogP contribution in [0.25, 0.3) is 33.2 Å². The second-order valence-electron chi connectivity index (χ2n) is 13.5. The van der Waals surface area contributed by atoms with Gasteiger partial charge in [0.1, 0.15) is 22.7 Å². The Hall–Kier alpha value is -5.17. The fourth-order valence-corrected chi connectivity index (χ4v) is 8.28. The van der Waals surface area contributed by atoms with E-state index in [1.54, 1.807) is 12.4 Å². The molecule has 3 N–H and O–H groups in total. The molecule has 0 amide bonds. The largest absolute Gasteiger partial charge is 0.491 e. The summed E-state index contributed by atoms with van der Waals surface area (Å²) >= 11 is 0. The Labute approximate surface area is 296 Å². The highest BCUT2D eigenvalue weighted by molar-refractivity contribution is 7.35. The van der Waals surface area contributed by atoms with Gasteiger partial charge in [0.25, 0.3) is 0 Å². The van der Waals surface area contributed by atoms with Crippen molar-refractivity contribution in [3.05, 3.63) is 60.8 Å². The Bertz CT molecular complexity index is 2250. The molecule has 6 aromatic rings. The van der Waals surface area contributed by atoms with Crippen LogP contribution in [0.5, 0.6) is 5.75 Å². The van der Waals surface area contributed by atoms with E-state index in [1.165, 1.54) is 11.3 Å². The first-order valence-corrected chi connectivity index (χ1v) is 18.3. The number of hydrogen-bond donors (Lipinski definition) is 3. The molecule has 9 rings (SSSR count). The third-order valence-electron chi connectivity index (χ3n) is 10.4. The molecule has 4 aromatic heterocycles. The molecule has 0 atom stereocenters. The van der Waals surface area contributed by atoms with Crippen LogP contribution in [0.4, 0.5) is 28.8 Å². The van der Waals surface area contributed by atoms with E-state index in [1.807, 2.05) is 42.3 Å². The molecule has 260 valence electrons. The van der Waals surface area contributed by atoms with Crippen LogP contribution in [0, 0.1) is 0 Å². The molecule has 51 heavy (non-hydrogen) atoms. The minimum Gasteiger partial charge on any atom is -0.491 e. The zero-order valence-electron chi connectivity index (χ0n) is 28.6. The van der Waals surface area contributed by atoms with Gasteiger partial charge in [-0.2, -0.15) is 15.1 Å². The fourth-order valence-electron chi connectivity index (χ4n) is 7.79. The maximum absolute atomic E-state index is 12.4. The molecule has 0 spiro atoms. The first kappa shape index (κ1) is 31.8. The Morgan fingerprint density at radius 1 is 0.961 bits per heavy atom. The van der Waals surface area contributed by atoms with Gasteiger partial charge in [0.15, 0.2) is 8.46 Å². The van der Waals surface area contributed by atoms with E-state index in [0.717, 1.165) is 86.5 Å². The third-order valence-corrected chi connectivity index (χ3v) is 11.1. The number of rotatable bonds is 8. The van der Waals surface area contributed by atoms with Crippen LogP contribution in [0.3, 0.4) is 0 Å². The summed E-state index contributed by atoms with van der Waals surface area (Å²) < 4.78 is 20.6. The molecular formula is C36H39N12O2P. The first-order valence-electron chi connectivity index (χ1n) is 17.5. The van der Waals surface area contributed by atoms with Crippen molar-refractivity contribution in [1.82, 2.24) is 44.5 Å². The Morgan fingerprint density at radius 2 is 1.80 bits per heavy atom. The van der Waals surface area contributed by atoms with Crippen LogP contribution >= 0.6 is 8.46 Å². The lowest BCUT2D eigenvalue weighted by atomic mass is 9.95. The molecule has 0 unspecified atom stereocenters. The normalized spacial score (nSPS) is 17.3. The number of fused-ring (bicyclic) bond motifs is 3. The molecule has 7 heterocycles. The van der Waals surface area contributed by atoms with Crippen LogP contribution in [-0.4, -0.2) is 103 Å². The SMILES string of the molecule is CN1CCN(C2CCN(c3c(-c4cnn(C)c4)cc(Nc4nc(Nc5ccc6nccnc6c5P=O)c5cc[nH]c5n4)c4c3CCO4)CC2)CC1. The maximum atomic E-state index is 12.4. The number of ether oxygens (including phenoxy) is 1. The number of aromatic nitrogens is 7. The van der Waals surface area contributed by atoms with Gasteiger partial charge >= 0.3 is 0 Å². The first-order chi connectivity index (χ1) is 25.0. The van der Waals surface area contributed by atoms with Crippen LogP contribution in [0.2, 0.25) is 0 Å². The number of H-pyrrole nitrogens is 1. The molecule has 0 saturated carbocycles. The number of anilines is 5. The smallest absolute Gasteiger partial charge is 0.231 e. The van der Waals surface area contributed by atoms with Gasteiger partial charge in [-0.25, -0.2) is 0 Å². The van der Waals surface area contributed by atoms with Gasteiger partial charge < -0.3 is 30.2 Å². The van der Waals surface area contributed by atoms with Gasteiger partial charge in [0, 0.05) is 100 Å². The van der Waals surface area contributed by atoms with Crippen molar-refractivity contribution < 1.29 is 9.30 Å². The fraction of sp³-hybridized carbons (Fsp3) is 0.361. The maximum Gasteiger partial charge on any atom is 0.231 e. The summed E-state index contributed by atoms with van der Waals surface area (Å²) in [5.41, 5.74) is 7.92. The van der Waals surface area contributed by atoms with E-state index in [-0.39, 0.29) is 8.46 Å². The number of aromatic amines is 1. The minimum absolute atomic E-state index is 0.175. The summed E-state index contributed by atoms with van der Waals surface area (Å²) in [5.74, 6) is 1.79. The second kappa shape index (κ2) is 13.2. The highest BCUT2D eigenvalue weighted by Gasteiger charge is 2.32. The van der Waals surface area contributed by atoms with Gasteiger partial charge in [-0.1, -0.05) is 0 Å². The van der Waals surface area contributed by atoms with Gasteiger partial charge in [-0.15, -0.1) is 0 Å². The topological polar surface area (TPSA) is 145 Å². The van der Waals surface area contributed by atoms with Crippen molar-refractivity contribution >= 4 is 64.7 Å². The summed E-state index contributed by atoms with van der Waals surface area (Å²) in [6, 6.07) is 8.40. The highest BCUT2D eigenvalue weighted by atomic mass is 31.1. The number of aryl methyl sites for hydroxylation is 1. The lowest BCUT2D eigenvalue weighted by molar-refractivity contribution is 0.0982. The van der Waals surface area contributed by atoms with E-state index in [0.29, 0.717) is 52.1 Å². The monoisotopic (exact) mass is 702 g/mol. The number of nitrogens with zero attached hydrogens (tertiary/aromatic N) is 9. The minimum atomic E-state index is -0.175. The lowest BCUT2D eigenvalue weighted by Crippen LogP contribution is -2.52. The molecular weight excluding hydrogens is 663 g/mol. The average Bonchev–Trinajstić information content (AvgIpc) is 3.94. The summed E-state index contributed by atoms with van der Waals surface area (Å²) in [6.07, 6.45) is 12.2. The standard InChI is InChI=1S/C36H39N12O2P/c1-45-14-16-47(17-15-45)23-6-12-48(13-7-23)31-24-8-18-50-32(24)29(19-26(31)22-20-40-46(2)21-22)42-36-43-34-25(5-9-39-34)35(44-36)41-28-4-3-27-30(33(28)51-49)38-11-10-37-27/h3-5,9-11,19-21,23H,6-8,12-18H2,1-2H3,(H3,39,41,42,43,44). The van der Waals surface area contributed by atoms with Crippen LogP contribution in [-0.2, 0) is 18.0 Å². The Morgan fingerprint density at radius 3 is 2.61 bits per heavy atom. The summed E-state index contributed by atoms with van der Waals surface area (Å²) in [6.45, 7) is 7.18. The molecule has 2 aromatic carbocycles. The van der Waals surface area contributed by atoms with Gasteiger partial charge in [0.2, 0.25) is 5.95 Å². The van der Waals surface area contributed by atoms with E-state index in [9.17, 15) is 4.57 Å². The van der Waals surface area contributed by atoms with Crippen molar-refractivity contribution in [2.45, 2.75) is 25.3 Å². The zero-order valence-corrected chi connectivity index (χ0v) is 29.5. The molecule has 15 heteroatoms. The van der Waals surface area contributed by atoms with Crippen molar-refractivity contribution in [3.8, 4) is 16.9 Å². The Kier molecular flexibility index (Phi) is 8.22. The zero-order chi connectivity index (χ0) is 34.5. The van der Waals surface area contributed by atoms with Crippen LogP contribution in [0.1, 0.15) is 18.4 Å². The number of piperidine rings is 1. The summed E-state index contributed by atoms with van der Waals surface area (Å²) in [7, 11) is 3.99. The van der Waals surface area contributed by atoms with Crippen molar-refractivity contribution in [2.24, 2.45) is 7.05 Å². The Balaban J connectivity index is 1.07. The number of hydrogen-bond acceptors (Lipinski definition) is 12. The van der Waals surface area contributed by atoms with E-state index in [2.05, 4.69) is 64.7 Å². The molecule has 3 aliphatic heterocycles. The quantitative estimate of drug-likeness (QED) is 0.186. The van der Waals surface area contributed by atoms with Crippen LogP contribution in [0.15, 0.2) is 55.2 Å². The van der Waals surface area contributed by atoms with E-state index in [4.69, 9.17) is 14.7 Å². The number of benzene rings is 2. The summed E-state index contributed by atoms with van der Waals surface area (Å²) in [4.78, 5) is 29.5. The summed E-state index contributed by atoms with van der Waals surface area (Å²) in [5, 5.41) is 12.8. The molecule has 2 fully saturated rings. The predicted molar refractivity (Wildman–Crippen MR) is 199 cm³/mol. The molecule has 0 bridgehead atoms. The molecule has 0 aliphatic carbocycles.